The summed E-state index contributed by atoms with van der Waals surface area (Å²) >= 11 is 1.41. The van der Waals surface area contributed by atoms with E-state index in [1.165, 1.54) is 11.5 Å². The molecule has 0 aliphatic carbocycles. The van der Waals surface area contributed by atoms with Crippen LogP contribution >= 0.6 is 11.5 Å². The molecule has 72 valence electrons. The van der Waals surface area contributed by atoms with Gasteiger partial charge in [-0.3, -0.25) is 0 Å². The first-order valence-corrected chi connectivity index (χ1v) is 5.36. The number of rotatable bonds is 3. The average Bonchev–Trinajstić information content (AvgIpc) is 2.70. The fourth-order valence-electron chi connectivity index (χ4n) is 1.37. The van der Waals surface area contributed by atoms with Gasteiger partial charge in [-0.15, -0.1) is 0 Å². The van der Waals surface area contributed by atoms with Gasteiger partial charge in [0.2, 0.25) is 5.13 Å². The molecule has 5 heteroatoms. The van der Waals surface area contributed by atoms with Gasteiger partial charge in [-0.2, -0.15) is 4.37 Å². The second kappa shape index (κ2) is 4.02. The van der Waals surface area contributed by atoms with Crippen LogP contribution in [0.25, 0.3) is 0 Å². The molecule has 1 aromatic heterocycles. The molecule has 2 rings (SSSR count). The molecular weight excluding hydrogens is 186 g/mol. The lowest BCUT2D eigenvalue weighted by molar-refractivity contribution is 0.106. The third-order valence-corrected chi connectivity index (χ3v) is 2.67. The molecule has 4 nitrogen and oxygen atoms in total. The van der Waals surface area contributed by atoms with Gasteiger partial charge >= 0.3 is 0 Å². The van der Waals surface area contributed by atoms with Crippen LogP contribution in [0.3, 0.4) is 0 Å². The standard InChI is InChI=1S/C8H13N3OS/c1-2-9-8-10-7(11-13-8)6-4-3-5-12-6/h6H,2-5H2,1H3,(H,9,10,11). The summed E-state index contributed by atoms with van der Waals surface area (Å²) in [6.07, 6.45) is 2.33. The summed E-state index contributed by atoms with van der Waals surface area (Å²) in [5.74, 6) is 0.846. The molecule has 1 aliphatic heterocycles. The third kappa shape index (κ3) is 1.97. The predicted octanol–water partition coefficient (Wildman–Crippen LogP) is 1.82. The van der Waals surface area contributed by atoms with Gasteiger partial charge < -0.3 is 10.1 Å². The van der Waals surface area contributed by atoms with Crippen molar-refractivity contribution in [2.75, 3.05) is 18.5 Å². The Kier molecular flexibility index (Phi) is 2.75. The Bertz CT molecular complexity index is 270. The van der Waals surface area contributed by atoms with Gasteiger partial charge in [0.15, 0.2) is 5.82 Å². The Morgan fingerprint density at radius 1 is 1.69 bits per heavy atom. The Morgan fingerprint density at radius 3 is 3.31 bits per heavy atom. The largest absolute Gasteiger partial charge is 0.370 e. The summed E-state index contributed by atoms with van der Waals surface area (Å²) in [4.78, 5) is 4.35. The third-order valence-electron chi connectivity index (χ3n) is 1.99. The van der Waals surface area contributed by atoms with E-state index in [4.69, 9.17) is 4.74 Å². The zero-order chi connectivity index (χ0) is 9.10. The first kappa shape index (κ1) is 8.90. The normalized spacial score (nSPS) is 22.1. The fraction of sp³-hybridized carbons (Fsp3) is 0.750. The molecule has 1 fully saturated rings. The molecule has 0 saturated carbocycles. The summed E-state index contributed by atoms with van der Waals surface area (Å²) in [5.41, 5.74) is 0. The summed E-state index contributed by atoms with van der Waals surface area (Å²) in [5, 5.41) is 4.04. The molecule has 1 saturated heterocycles. The van der Waals surface area contributed by atoms with Crippen LogP contribution < -0.4 is 5.32 Å². The van der Waals surface area contributed by atoms with Crippen molar-refractivity contribution in [3.8, 4) is 0 Å². The Morgan fingerprint density at radius 2 is 2.62 bits per heavy atom. The highest BCUT2D eigenvalue weighted by Crippen LogP contribution is 2.28. The predicted molar refractivity (Wildman–Crippen MR) is 52.0 cm³/mol. The first-order chi connectivity index (χ1) is 6.40. The van der Waals surface area contributed by atoms with Crippen molar-refractivity contribution in [2.45, 2.75) is 25.9 Å². The van der Waals surface area contributed by atoms with Crippen molar-refractivity contribution in [3.05, 3.63) is 5.82 Å². The van der Waals surface area contributed by atoms with E-state index < -0.39 is 0 Å². The molecule has 1 atom stereocenters. The lowest BCUT2D eigenvalue weighted by Gasteiger charge is -2.02. The molecule has 0 amide bonds. The maximum Gasteiger partial charge on any atom is 0.202 e. The molecule has 0 bridgehead atoms. The zero-order valence-electron chi connectivity index (χ0n) is 7.62. The number of hydrogen-bond acceptors (Lipinski definition) is 5. The minimum absolute atomic E-state index is 0.142. The molecule has 1 N–H and O–H groups in total. The van der Waals surface area contributed by atoms with Crippen LogP contribution in [0.15, 0.2) is 0 Å². The highest BCUT2D eigenvalue weighted by atomic mass is 32.1. The van der Waals surface area contributed by atoms with Crippen LogP contribution in [0.2, 0.25) is 0 Å². The maximum atomic E-state index is 5.48. The molecule has 0 radical (unpaired) electrons. The summed E-state index contributed by atoms with van der Waals surface area (Å²) < 4.78 is 9.74. The van der Waals surface area contributed by atoms with Crippen LogP contribution in [0.1, 0.15) is 31.7 Å². The Labute approximate surface area is 81.5 Å². The van der Waals surface area contributed by atoms with Crippen LogP contribution in [0.4, 0.5) is 5.13 Å². The number of ether oxygens (including phenoxy) is 1. The van der Waals surface area contributed by atoms with E-state index in [0.29, 0.717) is 0 Å². The van der Waals surface area contributed by atoms with Crippen molar-refractivity contribution in [3.63, 3.8) is 0 Å². The van der Waals surface area contributed by atoms with E-state index in [1.807, 2.05) is 6.92 Å². The second-order valence-electron chi connectivity index (χ2n) is 2.99. The highest BCUT2D eigenvalue weighted by Gasteiger charge is 2.21. The highest BCUT2D eigenvalue weighted by molar-refractivity contribution is 7.09. The van der Waals surface area contributed by atoms with E-state index in [2.05, 4.69) is 14.7 Å². The lowest BCUT2D eigenvalue weighted by atomic mass is 10.2. The second-order valence-corrected chi connectivity index (χ2v) is 3.74. The molecule has 0 aromatic carbocycles. The minimum atomic E-state index is 0.142. The van der Waals surface area contributed by atoms with Gasteiger partial charge in [0.1, 0.15) is 6.10 Å². The van der Waals surface area contributed by atoms with Crippen LogP contribution in [0, 0.1) is 0 Å². The van der Waals surface area contributed by atoms with Crippen molar-refractivity contribution in [1.82, 2.24) is 9.36 Å². The van der Waals surface area contributed by atoms with Gasteiger partial charge in [0.05, 0.1) is 0 Å². The molecule has 13 heavy (non-hydrogen) atoms. The van der Waals surface area contributed by atoms with Crippen molar-refractivity contribution < 1.29 is 4.74 Å². The van der Waals surface area contributed by atoms with Crippen LogP contribution in [-0.2, 0) is 4.74 Å². The number of nitrogens with zero attached hydrogens (tertiary/aromatic N) is 2. The number of anilines is 1. The topological polar surface area (TPSA) is 47.0 Å². The lowest BCUT2D eigenvalue weighted by Crippen LogP contribution is -2.00. The van der Waals surface area contributed by atoms with Crippen molar-refractivity contribution >= 4 is 16.7 Å². The van der Waals surface area contributed by atoms with E-state index in [-0.39, 0.29) is 6.10 Å². The molecule has 2 heterocycles. The number of aromatic nitrogens is 2. The molecular formula is C8H13N3OS. The number of hydrogen-bond donors (Lipinski definition) is 1. The SMILES string of the molecule is CCNc1nc(C2CCCO2)ns1. The van der Waals surface area contributed by atoms with E-state index in [9.17, 15) is 0 Å². The van der Waals surface area contributed by atoms with Crippen molar-refractivity contribution in [1.29, 1.82) is 0 Å². The maximum absolute atomic E-state index is 5.48. The van der Waals surface area contributed by atoms with Gasteiger partial charge in [-0.1, -0.05) is 0 Å². The first-order valence-electron chi connectivity index (χ1n) is 4.59. The molecule has 0 spiro atoms. The van der Waals surface area contributed by atoms with Gasteiger partial charge in [-0.05, 0) is 19.8 Å². The Balaban J connectivity index is 2.03. The van der Waals surface area contributed by atoms with E-state index in [0.717, 1.165) is 36.9 Å². The van der Waals surface area contributed by atoms with Gasteiger partial charge in [0.25, 0.3) is 0 Å². The fourth-order valence-corrected chi connectivity index (χ4v) is 2.05. The monoisotopic (exact) mass is 199 g/mol. The summed E-state index contributed by atoms with van der Waals surface area (Å²) in [6.45, 7) is 3.79. The molecule has 1 aliphatic rings. The summed E-state index contributed by atoms with van der Waals surface area (Å²) in [7, 11) is 0. The molecule has 1 aromatic rings. The molecule has 1 unspecified atom stereocenters. The average molecular weight is 199 g/mol. The van der Waals surface area contributed by atoms with E-state index in [1.54, 1.807) is 0 Å². The van der Waals surface area contributed by atoms with Crippen LogP contribution in [0.5, 0.6) is 0 Å². The minimum Gasteiger partial charge on any atom is -0.370 e. The Hall–Kier alpha value is -0.680. The quantitative estimate of drug-likeness (QED) is 0.806. The smallest absolute Gasteiger partial charge is 0.202 e. The van der Waals surface area contributed by atoms with Crippen molar-refractivity contribution in [2.24, 2.45) is 0 Å². The van der Waals surface area contributed by atoms with E-state index >= 15 is 0 Å². The van der Waals surface area contributed by atoms with Crippen LogP contribution in [-0.4, -0.2) is 22.5 Å². The van der Waals surface area contributed by atoms with Gasteiger partial charge in [0, 0.05) is 24.7 Å². The van der Waals surface area contributed by atoms with Gasteiger partial charge in [-0.25, -0.2) is 4.98 Å². The zero-order valence-corrected chi connectivity index (χ0v) is 8.43. The summed E-state index contributed by atoms with van der Waals surface area (Å²) in [6, 6.07) is 0. The number of nitrogens with one attached hydrogen (secondary N) is 1.